The lowest BCUT2D eigenvalue weighted by Crippen LogP contribution is -2.13. The first-order valence-electron chi connectivity index (χ1n) is 5.09. The van der Waals surface area contributed by atoms with Crippen molar-refractivity contribution in [1.82, 2.24) is 0 Å². The van der Waals surface area contributed by atoms with Crippen LogP contribution in [0.2, 0.25) is 10.0 Å². The highest BCUT2D eigenvalue weighted by molar-refractivity contribution is 9.10. The Hall–Kier alpha value is -1.03. The largest absolute Gasteiger partial charge is 0.319 e. The summed E-state index contributed by atoms with van der Waals surface area (Å²) in [5, 5.41) is 3.51. The predicted molar refractivity (Wildman–Crippen MR) is 78.6 cm³/mol. The fourth-order valence-corrected chi connectivity index (χ4v) is 2.40. The van der Waals surface area contributed by atoms with Gasteiger partial charge >= 0.3 is 0 Å². The maximum Gasteiger partial charge on any atom is 0.256 e. The van der Waals surface area contributed by atoms with Crippen molar-refractivity contribution in [2.24, 2.45) is 0 Å². The van der Waals surface area contributed by atoms with E-state index in [2.05, 4.69) is 21.2 Å². The maximum atomic E-state index is 12.1. The fourth-order valence-electron chi connectivity index (χ4n) is 1.44. The van der Waals surface area contributed by atoms with Gasteiger partial charge in [-0.25, -0.2) is 0 Å². The van der Waals surface area contributed by atoms with E-state index in [9.17, 15) is 4.79 Å². The van der Waals surface area contributed by atoms with Crippen LogP contribution in [0, 0.1) is 0 Å². The first kappa shape index (κ1) is 13.4. The van der Waals surface area contributed by atoms with E-state index in [0.717, 1.165) is 0 Å². The van der Waals surface area contributed by atoms with Crippen LogP contribution in [-0.4, -0.2) is 5.91 Å². The molecule has 0 aliphatic heterocycles. The van der Waals surface area contributed by atoms with Crippen LogP contribution in [0.1, 0.15) is 10.4 Å². The standard InChI is InChI=1S/C13H8BrCl2NO/c14-9-5-2-1-4-8(9)13(18)17-12-10(15)6-3-7-11(12)16/h1-7H,(H,17,18). The van der Waals surface area contributed by atoms with Crippen molar-refractivity contribution in [2.45, 2.75) is 0 Å². The fraction of sp³-hybridized carbons (Fsp3) is 0. The summed E-state index contributed by atoms with van der Waals surface area (Å²) in [5.74, 6) is -0.266. The highest BCUT2D eigenvalue weighted by atomic mass is 79.9. The van der Waals surface area contributed by atoms with E-state index in [1.807, 2.05) is 6.07 Å². The zero-order chi connectivity index (χ0) is 13.1. The molecule has 0 spiro atoms. The molecule has 0 saturated carbocycles. The molecule has 0 aliphatic rings. The number of halogens is 3. The van der Waals surface area contributed by atoms with Gasteiger partial charge in [-0.15, -0.1) is 0 Å². The van der Waals surface area contributed by atoms with Gasteiger partial charge in [0, 0.05) is 4.47 Å². The zero-order valence-electron chi connectivity index (χ0n) is 9.08. The molecule has 0 atom stereocenters. The summed E-state index contributed by atoms with van der Waals surface area (Å²) >= 11 is 15.3. The number of hydrogen-bond donors (Lipinski definition) is 1. The Morgan fingerprint density at radius 1 is 1.00 bits per heavy atom. The molecule has 2 rings (SSSR count). The summed E-state index contributed by atoms with van der Waals surface area (Å²) in [4.78, 5) is 12.1. The second-order valence-corrected chi connectivity index (χ2v) is 5.20. The van der Waals surface area contributed by atoms with E-state index in [0.29, 0.717) is 25.8 Å². The van der Waals surface area contributed by atoms with E-state index >= 15 is 0 Å². The summed E-state index contributed by atoms with van der Waals surface area (Å²) < 4.78 is 0.714. The summed E-state index contributed by atoms with van der Waals surface area (Å²) in [7, 11) is 0. The van der Waals surface area contributed by atoms with Crippen molar-refractivity contribution < 1.29 is 4.79 Å². The predicted octanol–water partition coefficient (Wildman–Crippen LogP) is 5.01. The Bertz CT molecular complexity index is 581. The number of amides is 1. The Kier molecular flexibility index (Phi) is 4.27. The molecule has 5 heteroatoms. The lowest BCUT2D eigenvalue weighted by Gasteiger charge is -2.09. The van der Waals surface area contributed by atoms with Gasteiger partial charge in [-0.2, -0.15) is 0 Å². The van der Waals surface area contributed by atoms with Crippen LogP contribution < -0.4 is 5.32 Å². The van der Waals surface area contributed by atoms with Gasteiger partial charge in [0.2, 0.25) is 0 Å². The van der Waals surface area contributed by atoms with Crippen LogP contribution in [0.3, 0.4) is 0 Å². The number of carbonyl (C=O) groups excluding carboxylic acids is 1. The van der Waals surface area contributed by atoms with E-state index < -0.39 is 0 Å². The first-order valence-corrected chi connectivity index (χ1v) is 6.64. The molecule has 0 unspecified atom stereocenters. The van der Waals surface area contributed by atoms with Crippen LogP contribution in [0.5, 0.6) is 0 Å². The molecule has 1 N–H and O–H groups in total. The number of carbonyl (C=O) groups is 1. The summed E-state index contributed by atoms with van der Waals surface area (Å²) in [5.41, 5.74) is 0.940. The molecule has 0 bridgehead atoms. The molecule has 0 radical (unpaired) electrons. The molecule has 2 aromatic rings. The van der Waals surface area contributed by atoms with Crippen molar-refractivity contribution in [3.8, 4) is 0 Å². The summed E-state index contributed by atoms with van der Waals surface area (Å²) in [6, 6.07) is 12.2. The Morgan fingerprint density at radius 2 is 1.61 bits per heavy atom. The second kappa shape index (κ2) is 5.74. The normalized spacial score (nSPS) is 10.2. The lowest BCUT2D eigenvalue weighted by atomic mass is 10.2. The molecule has 0 aliphatic carbocycles. The molecular weight excluding hydrogens is 337 g/mol. The van der Waals surface area contributed by atoms with Crippen molar-refractivity contribution in [3.05, 3.63) is 62.5 Å². The molecule has 0 heterocycles. The molecule has 18 heavy (non-hydrogen) atoms. The Balaban J connectivity index is 2.30. The minimum absolute atomic E-state index is 0.266. The quantitative estimate of drug-likeness (QED) is 0.815. The van der Waals surface area contributed by atoms with Crippen molar-refractivity contribution in [1.29, 1.82) is 0 Å². The zero-order valence-corrected chi connectivity index (χ0v) is 12.2. The topological polar surface area (TPSA) is 29.1 Å². The van der Waals surface area contributed by atoms with Crippen molar-refractivity contribution in [2.75, 3.05) is 5.32 Å². The van der Waals surface area contributed by atoms with Crippen molar-refractivity contribution >= 4 is 50.7 Å². The van der Waals surface area contributed by atoms with Crippen LogP contribution in [-0.2, 0) is 0 Å². The van der Waals surface area contributed by atoms with Gasteiger partial charge in [0.05, 0.1) is 21.3 Å². The minimum atomic E-state index is -0.266. The number of nitrogens with one attached hydrogen (secondary N) is 1. The highest BCUT2D eigenvalue weighted by Gasteiger charge is 2.13. The Labute approximate surface area is 123 Å². The van der Waals surface area contributed by atoms with Gasteiger partial charge in [0.15, 0.2) is 0 Å². The molecule has 1 amide bonds. The average molecular weight is 345 g/mol. The SMILES string of the molecule is O=C(Nc1c(Cl)cccc1Cl)c1ccccc1Br. The van der Waals surface area contributed by atoms with Crippen LogP contribution in [0.25, 0.3) is 0 Å². The van der Waals surface area contributed by atoms with Crippen LogP contribution >= 0.6 is 39.1 Å². The average Bonchev–Trinajstić information content (AvgIpc) is 2.34. The number of rotatable bonds is 2. The van der Waals surface area contributed by atoms with Gasteiger partial charge in [-0.05, 0) is 40.2 Å². The maximum absolute atomic E-state index is 12.1. The van der Waals surface area contributed by atoms with E-state index in [1.54, 1.807) is 36.4 Å². The van der Waals surface area contributed by atoms with E-state index in [-0.39, 0.29) is 5.91 Å². The molecule has 2 nitrogen and oxygen atoms in total. The number of anilines is 1. The lowest BCUT2D eigenvalue weighted by molar-refractivity contribution is 0.102. The third-order valence-corrected chi connectivity index (χ3v) is 3.64. The summed E-state index contributed by atoms with van der Waals surface area (Å²) in [6.07, 6.45) is 0. The van der Waals surface area contributed by atoms with Crippen LogP contribution in [0.4, 0.5) is 5.69 Å². The molecule has 2 aromatic carbocycles. The highest BCUT2D eigenvalue weighted by Crippen LogP contribution is 2.30. The monoisotopic (exact) mass is 343 g/mol. The van der Waals surface area contributed by atoms with E-state index in [4.69, 9.17) is 23.2 Å². The summed E-state index contributed by atoms with van der Waals surface area (Å²) in [6.45, 7) is 0. The van der Waals surface area contributed by atoms with Gasteiger partial charge in [-0.3, -0.25) is 4.79 Å². The van der Waals surface area contributed by atoms with E-state index in [1.165, 1.54) is 0 Å². The third kappa shape index (κ3) is 2.86. The van der Waals surface area contributed by atoms with Crippen LogP contribution in [0.15, 0.2) is 46.9 Å². The molecule has 0 aromatic heterocycles. The molecule has 92 valence electrons. The molecule has 0 saturated heterocycles. The van der Waals surface area contributed by atoms with Gasteiger partial charge in [-0.1, -0.05) is 41.4 Å². The van der Waals surface area contributed by atoms with Gasteiger partial charge < -0.3 is 5.32 Å². The smallest absolute Gasteiger partial charge is 0.256 e. The Morgan fingerprint density at radius 3 is 2.22 bits per heavy atom. The number of hydrogen-bond acceptors (Lipinski definition) is 1. The number of para-hydroxylation sites is 1. The van der Waals surface area contributed by atoms with Gasteiger partial charge in [0.1, 0.15) is 0 Å². The van der Waals surface area contributed by atoms with Gasteiger partial charge in [0.25, 0.3) is 5.91 Å². The minimum Gasteiger partial charge on any atom is -0.319 e. The molecule has 0 fully saturated rings. The van der Waals surface area contributed by atoms with Crippen molar-refractivity contribution in [3.63, 3.8) is 0 Å². The molecular formula is C13H8BrCl2NO. The second-order valence-electron chi connectivity index (χ2n) is 3.53. The third-order valence-electron chi connectivity index (χ3n) is 2.32. The number of benzene rings is 2. The first-order chi connectivity index (χ1) is 8.59.